The second-order valence-corrected chi connectivity index (χ2v) is 4.59. The second kappa shape index (κ2) is 6.14. The standard InChI is InChI=1S/C15H18N2O3/c1-10-3-8-14(20-10)11(2)17-12-4-6-13(7-5-12)19-9-15(16)18/h3-8,11,17H,9H2,1-2H3,(H2,16,18). The van der Waals surface area contributed by atoms with Gasteiger partial charge in [0.15, 0.2) is 6.61 Å². The van der Waals surface area contributed by atoms with Crippen LogP contribution in [0.15, 0.2) is 40.8 Å². The molecule has 1 atom stereocenters. The van der Waals surface area contributed by atoms with Crippen LogP contribution in [0.4, 0.5) is 5.69 Å². The molecule has 1 aromatic carbocycles. The molecule has 0 saturated carbocycles. The SMILES string of the molecule is Cc1ccc(C(C)Nc2ccc(OCC(N)=O)cc2)o1. The summed E-state index contributed by atoms with van der Waals surface area (Å²) in [7, 11) is 0. The van der Waals surface area contributed by atoms with Crippen LogP contribution in [0.3, 0.4) is 0 Å². The summed E-state index contributed by atoms with van der Waals surface area (Å²) in [6.45, 7) is 3.83. The maximum Gasteiger partial charge on any atom is 0.255 e. The smallest absolute Gasteiger partial charge is 0.255 e. The third kappa shape index (κ3) is 3.78. The minimum atomic E-state index is -0.492. The maximum atomic E-state index is 10.6. The highest BCUT2D eigenvalue weighted by atomic mass is 16.5. The number of ether oxygens (including phenoxy) is 1. The fraction of sp³-hybridized carbons (Fsp3) is 0.267. The van der Waals surface area contributed by atoms with E-state index in [-0.39, 0.29) is 12.6 Å². The molecule has 0 aliphatic rings. The number of hydrogen-bond donors (Lipinski definition) is 2. The third-order valence-electron chi connectivity index (χ3n) is 2.81. The number of benzene rings is 1. The molecule has 2 rings (SSSR count). The molecule has 5 heteroatoms. The molecule has 20 heavy (non-hydrogen) atoms. The van der Waals surface area contributed by atoms with Gasteiger partial charge >= 0.3 is 0 Å². The van der Waals surface area contributed by atoms with Gasteiger partial charge in [-0.05, 0) is 50.2 Å². The van der Waals surface area contributed by atoms with Crippen molar-refractivity contribution < 1.29 is 13.9 Å². The van der Waals surface area contributed by atoms with Gasteiger partial charge in [0.1, 0.15) is 17.3 Å². The topological polar surface area (TPSA) is 77.5 Å². The molecule has 0 radical (unpaired) electrons. The van der Waals surface area contributed by atoms with E-state index in [4.69, 9.17) is 14.9 Å². The van der Waals surface area contributed by atoms with Gasteiger partial charge < -0.3 is 20.2 Å². The average molecular weight is 274 g/mol. The van der Waals surface area contributed by atoms with E-state index in [0.717, 1.165) is 17.2 Å². The second-order valence-electron chi connectivity index (χ2n) is 4.59. The maximum absolute atomic E-state index is 10.6. The zero-order valence-electron chi connectivity index (χ0n) is 11.6. The van der Waals surface area contributed by atoms with Crippen LogP contribution < -0.4 is 15.8 Å². The van der Waals surface area contributed by atoms with Crippen LogP contribution in [0, 0.1) is 6.92 Å². The number of anilines is 1. The number of aryl methyl sites for hydroxylation is 1. The Labute approximate surface area is 117 Å². The lowest BCUT2D eigenvalue weighted by atomic mass is 10.2. The Morgan fingerprint density at radius 1 is 1.30 bits per heavy atom. The largest absolute Gasteiger partial charge is 0.484 e. The first-order valence-corrected chi connectivity index (χ1v) is 6.38. The molecule has 5 nitrogen and oxygen atoms in total. The van der Waals surface area contributed by atoms with Crippen LogP contribution in [0.2, 0.25) is 0 Å². The van der Waals surface area contributed by atoms with Crippen LogP contribution in [0.5, 0.6) is 5.75 Å². The van der Waals surface area contributed by atoms with Crippen LogP contribution in [-0.2, 0) is 4.79 Å². The average Bonchev–Trinajstić information content (AvgIpc) is 2.85. The number of carbonyl (C=O) groups is 1. The van der Waals surface area contributed by atoms with Gasteiger partial charge in [-0.15, -0.1) is 0 Å². The van der Waals surface area contributed by atoms with Crippen molar-refractivity contribution in [2.45, 2.75) is 19.9 Å². The van der Waals surface area contributed by atoms with Gasteiger partial charge in [0, 0.05) is 5.69 Å². The zero-order valence-corrected chi connectivity index (χ0v) is 11.6. The van der Waals surface area contributed by atoms with Gasteiger partial charge in [-0.2, -0.15) is 0 Å². The lowest BCUT2D eigenvalue weighted by Gasteiger charge is -2.13. The molecule has 1 aromatic heterocycles. The fourth-order valence-electron chi connectivity index (χ4n) is 1.81. The van der Waals surface area contributed by atoms with E-state index < -0.39 is 5.91 Å². The molecule has 0 saturated heterocycles. The number of furan rings is 1. The number of hydrogen-bond acceptors (Lipinski definition) is 4. The van der Waals surface area contributed by atoms with E-state index in [0.29, 0.717) is 5.75 Å². The molecule has 0 aliphatic heterocycles. The summed E-state index contributed by atoms with van der Waals surface area (Å²) in [5.74, 6) is 1.89. The van der Waals surface area contributed by atoms with Crippen LogP contribution in [-0.4, -0.2) is 12.5 Å². The predicted octanol–water partition coefficient (Wildman–Crippen LogP) is 2.63. The summed E-state index contributed by atoms with van der Waals surface area (Å²) in [4.78, 5) is 10.6. The van der Waals surface area contributed by atoms with Gasteiger partial charge in [-0.25, -0.2) is 0 Å². The first-order valence-electron chi connectivity index (χ1n) is 6.38. The van der Waals surface area contributed by atoms with Gasteiger partial charge in [0.25, 0.3) is 5.91 Å². The summed E-state index contributed by atoms with van der Waals surface area (Å²) >= 11 is 0. The molecule has 3 N–H and O–H groups in total. The van der Waals surface area contributed by atoms with Crippen molar-refractivity contribution in [1.29, 1.82) is 0 Å². The number of primary amides is 1. The van der Waals surface area contributed by atoms with Gasteiger partial charge in [0.2, 0.25) is 0 Å². The highest BCUT2D eigenvalue weighted by Gasteiger charge is 2.09. The van der Waals surface area contributed by atoms with E-state index in [2.05, 4.69) is 5.32 Å². The van der Waals surface area contributed by atoms with E-state index in [1.807, 2.05) is 38.1 Å². The van der Waals surface area contributed by atoms with Crippen molar-refractivity contribution in [2.75, 3.05) is 11.9 Å². The third-order valence-corrected chi connectivity index (χ3v) is 2.81. The predicted molar refractivity (Wildman–Crippen MR) is 76.6 cm³/mol. The molecule has 1 unspecified atom stereocenters. The minimum absolute atomic E-state index is 0.0705. The quantitative estimate of drug-likeness (QED) is 0.848. The zero-order chi connectivity index (χ0) is 14.5. The number of rotatable bonds is 6. The lowest BCUT2D eigenvalue weighted by molar-refractivity contribution is -0.119. The number of amides is 1. The first-order chi connectivity index (χ1) is 9.54. The van der Waals surface area contributed by atoms with E-state index in [1.165, 1.54) is 0 Å². The Bertz CT molecular complexity index is 575. The summed E-state index contributed by atoms with van der Waals surface area (Å²) in [6.07, 6.45) is 0. The highest BCUT2D eigenvalue weighted by Crippen LogP contribution is 2.22. The van der Waals surface area contributed by atoms with Crippen LogP contribution >= 0.6 is 0 Å². The van der Waals surface area contributed by atoms with Gasteiger partial charge in [-0.3, -0.25) is 4.79 Å². The number of carbonyl (C=O) groups excluding carboxylic acids is 1. The van der Waals surface area contributed by atoms with Crippen LogP contribution in [0.25, 0.3) is 0 Å². The molecular weight excluding hydrogens is 256 g/mol. The van der Waals surface area contributed by atoms with E-state index in [1.54, 1.807) is 12.1 Å². The molecule has 1 amide bonds. The normalized spacial score (nSPS) is 11.9. The fourth-order valence-corrected chi connectivity index (χ4v) is 1.81. The Balaban J connectivity index is 1.94. The molecule has 2 aromatic rings. The lowest BCUT2D eigenvalue weighted by Crippen LogP contribution is -2.19. The Kier molecular flexibility index (Phi) is 4.30. The number of nitrogens with two attached hydrogens (primary N) is 1. The van der Waals surface area contributed by atoms with Crippen molar-refractivity contribution in [3.8, 4) is 5.75 Å². The minimum Gasteiger partial charge on any atom is -0.484 e. The summed E-state index contributed by atoms with van der Waals surface area (Å²) < 4.78 is 10.8. The Hall–Kier alpha value is -2.43. The Morgan fingerprint density at radius 3 is 2.55 bits per heavy atom. The van der Waals surface area contributed by atoms with Crippen molar-refractivity contribution in [2.24, 2.45) is 5.73 Å². The van der Waals surface area contributed by atoms with Crippen molar-refractivity contribution >= 4 is 11.6 Å². The molecule has 0 aliphatic carbocycles. The van der Waals surface area contributed by atoms with Gasteiger partial charge in [-0.1, -0.05) is 0 Å². The molecule has 106 valence electrons. The summed E-state index contributed by atoms with van der Waals surface area (Å²) in [6, 6.07) is 11.3. The monoisotopic (exact) mass is 274 g/mol. The highest BCUT2D eigenvalue weighted by molar-refractivity contribution is 5.75. The first kappa shape index (κ1) is 14.0. The molecule has 0 spiro atoms. The van der Waals surface area contributed by atoms with Crippen molar-refractivity contribution in [1.82, 2.24) is 0 Å². The van der Waals surface area contributed by atoms with Gasteiger partial charge in [0.05, 0.1) is 6.04 Å². The van der Waals surface area contributed by atoms with Crippen molar-refractivity contribution in [3.05, 3.63) is 47.9 Å². The van der Waals surface area contributed by atoms with E-state index in [9.17, 15) is 4.79 Å². The molecular formula is C15H18N2O3. The molecule has 0 bridgehead atoms. The number of nitrogens with one attached hydrogen (secondary N) is 1. The molecule has 0 fully saturated rings. The Morgan fingerprint density at radius 2 is 2.00 bits per heavy atom. The summed E-state index contributed by atoms with van der Waals surface area (Å²) in [5, 5.41) is 3.32. The van der Waals surface area contributed by atoms with Crippen LogP contribution in [0.1, 0.15) is 24.5 Å². The van der Waals surface area contributed by atoms with Crippen molar-refractivity contribution in [3.63, 3.8) is 0 Å². The molecule has 1 heterocycles. The van der Waals surface area contributed by atoms with E-state index >= 15 is 0 Å². The summed E-state index contributed by atoms with van der Waals surface area (Å²) in [5.41, 5.74) is 5.96.